The fourth-order valence-corrected chi connectivity index (χ4v) is 3.53. The number of ketones is 1. The number of primary amides is 1. The fourth-order valence-electron chi connectivity index (χ4n) is 3.53. The molecule has 0 fully saturated rings. The van der Waals surface area contributed by atoms with Crippen LogP contribution in [-0.4, -0.2) is 18.3 Å². The lowest BCUT2D eigenvalue weighted by molar-refractivity contribution is -0.120. The minimum absolute atomic E-state index is 0.0285. The molecule has 1 aromatic carbocycles. The van der Waals surface area contributed by atoms with E-state index in [-0.39, 0.29) is 29.3 Å². The third kappa shape index (κ3) is 3.65. The van der Waals surface area contributed by atoms with Crippen LogP contribution in [0.25, 0.3) is 0 Å². The first-order valence-corrected chi connectivity index (χ1v) is 8.57. The van der Waals surface area contributed by atoms with Crippen LogP contribution in [0.3, 0.4) is 0 Å². The SMILES string of the molecule is CC1(C)CC(=O)C2=C(C1)OC(N)=C(C#N)C2c1ccc(OCC(N)=O)cc1. The van der Waals surface area contributed by atoms with E-state index in [2.05, 4.69) is 6.07 Å². The molecule has 1 heterocycles. The van der Waals surface area contributed by atoms with Gasteiger partial charge in [0.2, 0.25) is 5.88 Å². The summed E-state index contributed by atoms with van der Waals surface area (Å²) in [6.45, 7) is 3.77. The second kappa shape index (κ2) is 6.80. The molecule has 1 aliphatic heterocycles. The van der Waals surface area contributed by atoms with Gasteiger partial charge in [0.15, 0.2) is 12.4 Å². The molecule has 0 saturated heterocycles. The average Bonchev–Trinajstić information content (AvgIpc) is 2.58. The van der Waals surface area contributed by atoms with Crippen LogP contribution in [0.2, 0.25) is 0 Å². The molecule has 0 spiro atoms. The van der Waals surface area contributed by atoms with E-state index in [1.807, 2.05) is 13.8 Å². The van der Waals surface area contributed by atoms with E-state index in [4.69, 9.17) is 20.9 Å². The van der Waals surface area contributed by atoms with Crippen LogP contribution in [0.15, 0.2) is 47.1 Å². The summed E-state index contributed by atoms with van der Waals surface area (Å²) in [5.74, 6) is -0.165. The predicted octanol–water partition coefficient (Wildman–Crippen LogP) is 2.00. The van der Waals surface area contributed by atoms with Crippen molar-refractivity contribution in [1.29, 1.82) is 5.26 Å². The number of amides is 1. The zero-order valence-corrected chi connectivity index (χ0v) is 15.2. The smallest absolute Gasteiger partial charge is 0.255 e. The highest BCUT2D eigenvalue weighted by Crippen LogP contribution is 2.47. The zero-order chi connectivity index (χ0) is 19.8. The van der Waals surface area contributed by atoms with Crippen molar-refractivity contribution in [3.8, 4) is 11.8 Å². The molecule has 7 heteroatoms. The third-order valence-electron chi connectivity index (χ3n) is 4.67. The van der Waals surface area contributed by atoms with Gasteiger partial charge >= 0.3 is 0 Å². The number of ether oxygens (including phenoxy) is 2. The molecule has 1 unspecified atom stereocenters. The summed E-state index contributed by atoms with van der Waals surface area (Å²) in [5.41, 5.74) is 12.3. The highest BCUT2D eigenvalue weighted by Gasteiger charge is 2.42. The van der Waals surface area contributed by atoms with Crippen LogP contribution < -0.4 is 16.2 Å². The summed E-state index contributed by atoms with van der Waals surface area (Å²) >= 11 is 0. The minimum atomic E-state index is -0.576. The molecule has 1 aromatic rings. The molecular formula is C20H21N3O4. The molecule has 7 nitrogen and oxygen atoms in total. The number of nitriles is 1. The number of rotatable bonds is 4. The second-order valence-electron chi connectivity index (χ2n) is 7.53. The largest absolute Gasteiger partial charge is 0.484 e. The lowest BCUT2D eigenvalue weighted by atomic mass is 9.70. The number of carbonyl (C=O) groups is 2. The monoisotopic (exact) mass is 367 g/mol. The van der Waals surface area contributed by atoms with Crippen LogP contribution in [0, 0.1) is 16.7 Å². The Morgan fingerprint density at radius 3 is 2.59 bits per heavy atom. The molecule has 4 N–H and O–H groups in total. The third-order valence-corrected chi connectivity index (χ3v) is 4.67. The van der Waals surface area contributed by atoms with Gasteiger partial charge in [0.25, 0.3) is 5.91 Å². The number of hydrogen-bond donors (Lipinski definition) is 2. The molecule has 3 rings (SSSR count). The molecule has 27 heavy (non-hydrogen) atoms. The number of benzene rings is 1. The maximum absolute atomic E-state index is 12.9. The van der Waals surface area contributed by atoms with Gasteiger partial charge < -0.3 is 20.9 Å². The minimum Gasteiger partial charge on any atom is -0.484 e. The fraction of sp³-hybridized carbons (Fsp3) is 0.350. The van der Waals surface area contributed by atoms with Crippen LogP contribution in [0.5, 0.6) is 5.75 Å². The maximum Gasteiger partial charge on any atom is 0.255 e. The standard InChI is InChI=1S/C20H21N3O4/c1-20(2)7-14(24)18-15(8-20)27-19(23)13(9-21)17(18)11-3-5-12(6-4-11)26-10-16(22)25/h3-6,17H,7-8,10,23H2,1-2H3,(H2,22,25). The summed E-state index contributed by atoms with van der Waals surface area (Å²) in [7, 11) is 0. The number of carbonyl (C=O) groups excluding carboxylic acids is 2. The Labute approximate surface area is 157 Å². The van der Waals surface area contributed by atoms with Crippen molar-refractivity contribution in [2.45, 2.75) is 32.6 Å². The first-order chi connectivity index (χ1) is 12.7. The summed E-state index contributed by atoms with van der Waals surface area (Å²) < 4.78 is 10.9. The maximum atomic E-state index is 12.9. The van der Waals surface area contributed by atoms with Crippen molar-refractivity contribution in [3.63, 3.8) is 0 Å². The van der Waals surface area contributed by atoms with Crippen molar-refractivity contribution in [1.82, 2.24) is 0 Å². The van der Waals surface area contributed by atoms with Crippen molar-refractivity contribution in [2.75, 3.05) is 6.61 Å². The molecule has 1 atom stereocenters. The van der Waals surface area contributed by atoms with E-state index in [0.717, 1.165) is 5.56 Å². The van der Waals surface area contributed by atoms with Crippen molar-refractivity contribution < 1.29 is 19.1 Å². The van der Waals surface area contributed by atoms with Crippen molar-refractivity contribution in [3.05, 3.63) is 52.6 Å². The number of nitrogens with zero attached hydrogens (tertiary/aromatic N) is 1. The lowest BCUT2D eigenvalue weighted by Gasteiger charge is -2.37. The summed E-state index contributed by atoms with van der Waals surface area (Å²) in [5, 5.41) is 9.59. The summed E-state index contributed by atoms with van der Waals surface area (Å²) in [6, 6.07) is 8.90. The number of allylic oxidation sites excluding steroid dienone is 3. The molecular weight excluding hydrogens is 346 g/mol. The zero-order valence-electron chi connectivity index (χ0n) is 15.2. The van der Waals surface area contributed by atoms with Gasteiger partial charge in [0, 0.05) is 18.4 Å². The average molecular weight is 367 g/mol. The van der Waals surface area contributed by atoms with Crippen LogP contribution >= 0.6 is 0 Å². The highest BCUT2D eigenvalue weighted by atomic mass is 16.5. The van der Waals surface area contributed by atoms with Gasteiger partial charge in [-0.15, -0.1) is 0 Å². The van der Waals surface area contributed by atoms with Gasteiger partial charge in [0.1, 0.15) is 23.2 Å². The van der Waals surface area contributed by atoms with Gasteiger partial charge in [-0.25, -0.2) is 0 Å². The Morgan fingerprint density at radius 1 is 1.33 bits per heavy atom. The first-order valence-electron chi connectivity index (χ1n) is 8.57. The molecule has 1 amide bonds. The van der Waals surface area contributed by atoms with E-state index in [0.29, 0.717) is 29.9 Å². The first kappa shape index (κ1) is 18.5. The Hall–Kier alpha value is -3.27. The topological polar surface area (TPSA) is 128 Å². The van der Waals surface area contributed by atoms with E-state index >= 15 is 0 Å². The van der Waals surface area contributed by atoms with E-state index in [1.165, 1.54) is 0 Å². The predicted molar refractivity (Wildman–Crippen MR) is 96.8 cm³/mol. The number of Topliss-reactive ketones (excluding diaryl/α,β-unsaturated/α-hetero) is 1. The van der Waals surface area contributed by atoms with Gasteiger partial charge in [-0.2, -0.15) is 5.26 Å². The van der Waals surface area contributed by atoms with Gasteiger partial charge in [0.05, 0.1) is 5.92 Å². The summed E-state index contributed by atoms with van der Waals surface area (Å²) in [4.78, 5) is 23.7. The quantitative estimate of drug-likeness (QED) is 0.837. The molecule has 0 radical (unpaired) electrons. The Morgan fingerprint density at radius 2 is 2.00 bits per heavy atom. The lowest BCUT2D eigenvalue weighted by Crippen LogP contribution is -2.33. The summed E-state index contributed by atoms with van der Waals surface area (Å²) in [6.07, 6.45) is 0.952. The van der Waals surface area contributed by atoms with Crippen molar-refractivity contribution >= 4 is 11.7 Å². The molecule has 2 aliphatic rings. The van der Waals surface area contributed by atoms with Gasteiger partial charge in [-0.3, -0.25) is 9.59 Å². The number of hydrogen-bond acceptors (Lipinski definition) is 6. The molecule has 0 aromatic heterocycles. The highest BCUT2D eigenvalue weighted by molar-refractivity contribution is 6.00. The van der Waals surface area contributed by atoms with E-state index < -0.39 is 11.8 Å². The molecule has 0 bridgehead atoms. The van der Waals surface area contributed by atoms with Crippen LogP contribution in [0.1, 0.15) is 38.2 Å². The van der Waals surface area contributed by atoms with E-state index in [1.54, 1.807) is 24.3 Å². The van der Waals surface area contributed by atoms with Gasteiger partial charge in [-0.05, 0) is 23.1 Å². The Balaban J connectivity index is 2.01. The van der Waals surface area contributed by atoms with Crippen LogP contribution in [0.4, 0.5) is 0 Å². The molecule has 1 aliphatic carbocycles. The van der Waals surface area contributed by atoms with Crippen molar-refractivity contribution in [2.24, 2.45) is 16.9 Å². The Bertz CT molecular complexity index is 904. The normalized spacial score (nSPS) is 21.2. The molecule has 0 saturated carbocycles. The van der Waals surface area contributed by atoms with Gasteiger partial charge in [-0.1, -0.05) is 26.0 Å². The molecule has 140 valence electrons. The Kier molecular flexibility index (Phi) is 4.66. The number of nitrogens with two attached hydrogens (primary N) is 2. The second-order valence-corrected chi connectivity index (χ2v) is 7.53. The van der Waals surface area contributed by atoms with Crippen LogP contribution in [-0.2, 0) is 14.3 Å². The van der Waals surface area contributed by atoms with E-state index in [9.17, 15) is 14.9 Å².